The molecule has 1 N–H and O–H groups in total. The highest BCUT2D eigenvalue weighted by Crippen LogP contribution is 2.20. The second-order valence-electron chi connectivity index (χ2n) is 7.46. The molecule has 27 heavy (non-hydrogen) atoms. The zero-order valence-corrected chi connectivity index (χ0v) is 17.5. The summed E-state index contributed by atoms with van der Waals surface area (Å²) in [7, 11) is -6.91. The van der Waals surface area contributed by atoms with E-state index in [2.05, 4.69) is 5.32 Å². The van der Waals surface area contributed by atoms with Gasteiger partial charge in [0.1, 0.15) is 0 Å². The van der Waals surface area contributed by atoms with Crippen LogP contribution in [0.3, 0.4) is 0 Å². The Labute approximate surface area is 161 Å². The summed E-state index contributed by atoms with van der Waals surface area (Å²) in [5, 5.41) is 2.99. The summed E-state index contributed by atoms with van der Waals surface area (Å²) in [5.41, 5.74) is 0. The van der Waals surface area contributed by atoms with Crippen LogP contribution < -0.4 is 5.32 Å². The minimum absolute atomic E-state index is 0.00528. The molecule has 1 aliphatic carbocycles. The number of hydrogen-bond donors (Lipinski definition) is 1. The third-order valence-corrected chi connectivity index (χ3v) is 8.78. The van der Waals surface area contributed by atoms with Crippen molar-refractivity contribution in [2.24, 2.45) is 0 Å². The molecule has 0 radical (unpaired) electrons. The maximum atomic E-state index is 12.8. The predicted octanol–water partition coefficient (Wildman–Crippen LogP) is -1.91. The van der Waals surface area contributed by atoms with Crippen LogP contribution in [0.25, 0.3) is 0 Å². The first-order valence-corrected chi connectivity index (χ1v) is 12.6. The number of amides is 1. The van der Waals surface area contributed by atoms with Crippen LogP contribution in [0.2, 0.25) is 0 Å². The van der Waals surface area contributed by atoms with Crippen LogP contribution in [0.5, 0.6) is 0 Å². The Hall–Kier alpha value is -0.790. The number of carbonyl (C=O) groups is 1. The van der Waals surface area contributed by atoms with Crippen LogP contribution in [-0.2, 0) is 25.0 Å². The van der Waals surface area contributed by atoms with Crippen molar-refractivity contribution in [1.82, 2.24) is 23.1 Å². The number of hydrogen-bond acceptors (Lipinski definition) is 6. The molecular weight excluding hydrogens is 394 g/mol. The Balaban J connectivity index is 1.51. The second-order valence-corrected chi connectivity index (χ2v) is 11.4. The largest absolute Gasteiger partial charge is 0.352 e. The SMILES string of the molecule is C[C@H](C(=O)NC1CC1)N1CCN(S(=O)(=O)N2CCN(S(C)(=O)=O)CC2)CC1. The van der Waals surface area contributed by atoms with Gasteiger partial charge in [-0.1, -0.05) is 0 Å². The molecule has 3 rings (SSSR count). The maximum absolute atomic E-state index is 12.8. The molecule has 2 aliphatic heterocycles. The first kappa shape index (κ1) is 20.9. The summed E-state index contributed by atoms with van der Waals surface area (Å²) in [6.45, 7) is 4.19. The highest BCUT2D eigenvalue weighted by molar-refractivity contribution is 7.88. The molecule has 3 fully saturated rings. The molecule has 10 nitrogen and oxygen atoms in total. The molecule has 1 atom stereocenters. The van der Waals surface area contributed by atoms with Crippen LogP contribution >= 0.6 is 0 Å². The molecule has 0 bridgehead atoms. The van der Waals surface area contributed by atoms with Crippen molar-refractivity contribution in [2.75, 3.05) is 58.6 Å². The average molecular weight is 424 g/mol. The van der Waals surface area contributed by atoms with E-state index in [4.69, 9.17) is 0 Å². The third kappa shape index (κ3) is 4.98. The van der Waals surface area contributed by atoms with Crippen molar-refractivity contribution in [3.05, 3.63) is 0 Å². The summed E-state index contributed by atoms with van der Waals surface area (Å²) >= 11 is 0. The molecule has 0 aromatic rings. The minimum atomic E-state index is -3.61. The van der Waals surface area contributed by atoms with Gasteiger partial charge < -0.3 is 5.32 Å². The molecule has 156 valence electrons. The van der Waals surface area contributed by atoms with E-state index < -0.39 is 20.2 Å². The van der Waals surface area contributed by atoms with Crippen molar-refractivity contribution < 1.29 is 21.6 Å². The van der Waals surface area contributed by atoms with Crippen LogP contribution in [0, 0.1) is 0 Å². The predicted molar refractivity (Wildman–Crippen MR) is 101 cm³/mol. The van der Waals surface area contributed by atoms with Crippen molar-refractivity contribution in [2.45, 2.75) is 31.8 Å². The number of nitrogens with one attached hydrogen (secondary N) is 1. The Morgan fingerprint density at radius 2 is 1.30 bits per heavy atom. The Morgan fingerprint density at radius 3 is 1.74 bits per heavy atom. The van der Waals surface area contributed by atoms with Crippen molar-refractivity contribution >= 4 is 26.1 Å². The van der Waals surface area contributed by atoms with E-state index in [1.165, 1.54) is 12.9 Å². The first-order valence-electron chi connectivity index (χ1n) is 9.34. The standard InChI is InChI=1S/C15H29N5O5S2/c1-13(15(21)16-14-3-4-14)17-5-7-19(8-6-17)27(24,25)20-11-9-18(10-12-20)26(2,22)23/h13-14H,3-12H2,1-2H3,(H,16,21)/t13-/m1/s1. The van der Waals surface area contributed by atoms with Crippen molar-refractivity contribution in [3.63, 3.8) is 0 Å². The average Bonchev–Trinajstić information content (AvgIpc) is 3.44. The highest BCUT2D eigenvalue weighted by Gasteiger charge is 2.37. The molecule has 2 heterocycles. The molecular formula is C15H29N5O5S2. The maximum Gasteiger partial charge on any atom is 0.282 e. The van der Waals surface area contributed by atoms with Crippen LogP contribution in [0.4, 0.5) is 0 Å². The zero-order valence-electron chi connectivity index (χ0n) is 15.9. The summed E-state index contributed by atoms with van der Waals surface area (Å²) in [5.74, 6) is 0.00528. The van der Waals surface area contributed by atoms with E-state index in [1.54, 1.807) is 0 Å². The molecule has 1 saturated carbocycles. The van der Waals surface area contributed by atoms with Gasteiger partial charge in [-0.2, -0.15) is 21.3 Å². The fraction of sp³-hybridized carbons (Fsp3) is 0.933. The molecule has 12 heteroatoms. The zero-order chi connectivity index (χ0) is 19.8. The van der Waals surface area contributed by atoms with Gasteiger partial charge in [0.2, 0.25) is 15.9 Å². The number of carbonyl (C=O) groups excluding carboxylic acids is 1. The van der Waals surface area contributed by atoms with Gasteiger partial charge in [-0.25, -0.2) is 8.42 Å². The Bertz CT molecular complexity index is 751. The smallest absolute Gasteiger partial charge is 0.282 e. The normalized spacial score (nSPS) is 26.0. The molecule has 0 aromatic carbocycles. The second kappa shape index (κ2) is 7.91. The van der Waals surface area contributed by atoms with E-state index in [9.17, 15) is 21.6 Å². The van der Waals surface area contributed by atoms with Gasteiger partial charge in [0.05, 0.1) is 12.3 Å². The van der Waals surface area contributed by atoms with Gasteiger partial charge in [-0.05, 0) is 19.8 Å². The van der Waals surface area contributed by atoms with Crippen LogP contribution in [-0.4, -0.2) is 111 Å². The summed E-state index contributed by atoms with van der Waals surface area (Å²) < 4.78 is 52.9. The molecule has 0 aromatic heterocycles. The van der Waals surface area contributed by atoms with Gasteiger partial charge in [-0.15, -0.1) is 0 Å². The van der Waals surface area contributed by atoms with Crippen LogP contribution in [0.15, 0.2) is 0 Å². The molecule has 0 unspecified atom stereocenters. The van der Waals surface area contributed by atoms with Gasteiger partial charge in [0.25, 0.3) is 10.2 Å². The topological polar surface area (TPSA) is 110 Å². The fourth-order valence-electron chi connectivity index (χ4n) is 3.43. The lowest BCUT2D eigenvalue weighted by molar-refractivity contribution is -0.126. The van der Waals surface area contributed by atoms with Gasteiger partial charge >= 0.3 is 0 Å². The molecule has 0 spiro atoms. The van der Waals surface area contributed by atoms with Crippen LogP contribution in [0.1, 0.15) is 19.8 Å². The van der Waals surface area contributed by atoms with Gasteiger partial charge in [0, 0.05) is 58.4 Å². The summed E-state index contributed by atoms with van der Waals surface area (Å²) in [6.07, 6.45) is 3.21. The number of sulfonamides is 1. The van der Waals surface area contributed by atoms with Gasteiger partial charge in [-0.3, -0.25) is 9.69 Å². The lowest BCUT2D eigenvalue weighted by Crippen LogP contribution is -2.59. The quantitative estimate of drug-likeness (QED) is 0.534. The molecule has 2 saturated heterocycles. The van der Waals surface area contributed by atoms with Crippen molar-refractivity contribution in [3.8, 4) is 0 Å². The minimum Gasteiger partial charge on any atom is -0.352 e. The number of piperazine rings is 2. The molecule has 1 amide bonds. The van der Waals surface area contributed by atoms with Gasteiger partial charge in [0.15, 0.2) is 0 Å². The Kier molecular flexibility index (Phi) is 6.14. The highest BCUT2D eigenvalue weighted by atomic mass is 32.2. The number of nitrogens with zero attached hydrogens (tertiary/aromatic N) is 4. The number of rotatable bonds is 6. The summed E-state index contributed by atoms with van der Waals surface area (Å²) in [4.78, 5) is 14.2. The monoisotopic (exact) mass is 423 g/mol. The lowest BCUT2D eigenvalue weighted by atomic mass is 10.2. The fourth-order valence-corrected chi connectivity index (χ4v) is 5.83. The van der Waals surface area contributed by atoms with E-state index in [1.807, 2.05) is 11.8 Å². The first-order chi connectivity index (χ1) is 12.6. The summed E-state index contributed by atoms with van der Waals surface area (Å²) in [6, 6.07) is 0.0426. The lowest BCUT2D eigenvalue weighted by Gasteiger charge is -2.40. The van der Waals surface area contributed by atoms with E-state index >= 15 is 0 Å². The molecule has 3 aliphatic rings. The van der Waals surface area contributed by atoms with E-state index in [0.717, 1.165) is 19.1 Å². The van der Waals surface area contributed by atoms with E-state index in [0.29, 0.717) is 32.2 Å². The van der Waals surface area contributed by atoms with Crippen molar-refractivity contribution in [1.29, 1.82) is 0 Å². The third-order valence-electron chi connectivity index (χ3n) is 5.44. The van der Waals surface area contributed by atoms with E-state index in [-0.39, 0.29) is 38.1 Å². The Morgan fingerprint density at radius 1 is 0.852 bits per heavy atom.